The second-order valence-corrected chi connectivity index (χ2v) is 31.9. The van der Waals surface area contributed by atoms with Crippen molar-refractivity contribution in [3.63, 3.8) is 0 Å². The van der Waals surface area contributed by atoms with Gasteiger partial charge in [-0.15, -0.1) is 0 Å². The van der Waals surface area contributed by atoms with Crippen LogP contribution >= 0.6 is 15.6 Å². The van der Waals surface area contributed by atoms with Crippen LogP contribution in [0.1, 0.15) is 376 Å². The third kappa shape index (κ3) is 68.6. The number of rotatable bonds is 72. The van der Waals surface area contributed by atoms with Gasteiger partial charge in [-0.1, -0.05) is 325 Å². The SMILES string of the molecule is CC(C)CCCCCCCCCCCCCCCCCC(=O)OC[C@H](COP(=O)(O)OC[C@@H](O)COP(=O)(O)OC[C@@H](COC(=O)CCCCCCCCC(C)C)OC(=O)CCCCCCCCCCCCCC(C)C)OC(=O)CCCCCCCCCCCCC(C)C. The number of hydrogen-bond donors (Lipinski definition) is 3. The predicted molar refractivity (Wildman–Crippen MR) is 381 cm³/mol. The molecule has 94 heavy (non-hydrogen) atoms. The van der Waals surface area contributed by atoms with Gasteiger partial charge in [0, 0.05) is 25.7 Å². The largest absolute Gasteiger partial charge is 0.472 e. The number of aliphatic hydroxyl groups is 1. The van der Waals surface area contributed by atoms with E-state index in [-0.39, 0.29) is 25.7 Å². The maximum absolute atomic E-state index is 13.1. The number of aliphatic hydroxyl groups excluding tert-OH is 1. The highest BCUT2D eigenvalue weighted by molar-refractivity contribution is 7.47. The fourth-order valence-corrected chi connectivity index (χ4v) is 13.0. The summed E-state index contributed by atoms with van der Waals surface area (Å²) in [6.07, 6.45) is 48.7. The summed E-state index contributed by atoms with van der Waals surface area (Å²) in [6.45, 7) is 14.1. The van der Waals surface area contributed by atoms with Crippen LogP contribution in [0.2, 0.25) is 0 Å². The number of carbonyl (C=O) groups is 4. The molecule has 0 aliphatic heterocycles. The van der Waals surface area contributed by atoms with Crippen molar-refractivity contribution in [2.24, 2.45) is 23.7 Å². The van der Waals surface area contributed by atoms with Crippen molar-refractivity contribution in [2.75, 3.05) is 39.6 Å². The lowest BCUT2D eigenvalue weighted by Crippen LogP contribution is -2.30. The predicted octanol–water partition coefficient (Wildman–Crippen LogP) is 21.7. The molecule has 0 spiro atoms. The molecule has 0 radical (unpaired) electrons. The Balaban J connectivity index is 5.22. The van der Waals surface area contributed by atoms with E-state index in [1.165, 1.54) is 173 Å². The number of esters is 4. The van der Waals surface area contributed by atoms with Crippen LogP contribution < -0.4 is 0 Å². The van der Waals surface area contributed by atoms with Gasteiger partial charge in [0.15, 0.2) is 12.2 Å². The zero-order chi connectivity index (χ0) is 69.6. The second kappa shape index (κ2) is 64.4. The fraction of sp³-hybridized carbons (Fsp3) is 0.947. The van der Waals surface area contributed by atoms with Crippen LogP contribution in [0.25, 0.3) is 0 Å². The molecule has 0 aliphatic carbocycles. The van der Waals surface area contributed by atoms with Gasteiger partial charge in [-0.05, 0) is 49.4 Å². The van der Waals surface area contributed by atoms with Crippen LogP contribution in [0.4, 0.5) is 0 Å². The second-order valence-electron chi connectivity index (χ2n) is 28.9. The average Bonchev–Trinajstić information content (AvgIpc) is 1.29. The van der Waals surface area contributed by atoms with Crippen LogP contribution in [0, 0.1) is 23.7 Å². The molecule has 0 aromatic rings. The van der Waals surface area contributed by atoms with E-state index in [0.717, 1.165) is 114 Å². The van der Waals surface area contributed by atoms with Crippen LogP contribution in [-0.2, 0) is 65.4 Å². The molecule has 0 rings (SSSR count). The molecule has 0 aliphatic rings. The zero-order valence-electron chi connectivity index (χ0n) is 61.6. The molecule has 0 fully saturated rings. The monoisotopic (exact) mass is 1380 g/mol. The van der Waals surface area contributed by atoms with Gasteiger partial charge < -0.3 is 33.8 Å². The number of hydrogen-bond acceptors (Lipinski definition) is 15. The quantitative estimate of drug-likeness (QED) is 0.0222. The Morgan fingerprint density at radius 3 is 0.660 bits per heavy atom. The molecule has 0 saturated heterocycles. The lowest BCUT2D eigenvalue weighted by Gasteiger charge is -2.21. The van der Waals surface area contributed by atoms with E-state index in [9.17, 15) is 43.2 Å². The van der Waals surface area contributed by atoms with E-state index in [1.54, 1.807) is 0 Å². The minimum absolute atomic E-state index is 0.105. The number of carbonyl (C=O) groups excluding carboxylic acids is 4. The first-order chi connectivity index (χ1) is 45.1. The van der Waals surface area contributed by atoms with Crippen molar-refractivity contribution >= 4 is 39.5 Å². The van der Waals surface area contributed by atoms with Gasteiger partial charge in [0.1, 0.15) is 19.3 Å². The molecule has 0 amide bonds. The Hall–Kier alpha value is -1.94. The van der Waals surface area contributed by atoms with Crippen molar-refractivity contribution in [1.29, 1.82) is 0 Å². The molecule has 5 atom stereocenters. The molecule has 2 unspecified atom stereocenters. The molecular formula is C75H146O17P2. The topological polar surface area (TPSA) is 237 Å². The van der Waals surface area contributed by atoms with Crippen molar-refractivity contribution in [3.05, 3.63) is 0 Å². The molecular weight excluding hydrogens is 1230 g/mol. The Bertz CT molecular complexity index is 1850. The van der Waals surface area contributed by atoms with Crippen molar-refractivity contribution in [2.45, 2.75) is 395 Å². The van der Waals surface area contributed by atoms with Crippen LogP contribution in [-0.4, -0.2) is 96.7 Å². The third-order valence-corrected chi connectivity index (χ3v) is 19.2. The van der Waals surface area contributed by atoms with E-state index >= 15 is 0 Å². The van der Waals surface area contributed by atoms with E-state index in [2.05, 4.69) is 55.4 Å². The van der Waals surface area contributed by atoms with Gasteiger partial charge in [-0.25, -0.2) is 9.13 Å². The Morgan fingerprint density at radius 2 is 0.447 bits per heavy atom. The highest BCUT2D eigenvalue weighted by Crippen LogP contribution is 2.45. The third-order valence-electron chi connectivity index (χ3n) is 17.3. The van der Waals surface area contributed by atoms with Gasteiger partial charge in [0.2, 0.25) is 0 Å². The highest BCUT2D eigenvalue weighted by Gasteiger charge is 2.30. The Labute approximate surface area is 575 Å². The number of phosphoric acid groups is 2. The number of unbranched alkanes of at least 4 members (excludes halogenated alkanes) is 38. The highest BCUT2D eigenvalue weighted by atomic mass is 31.2. The number of phosphoric ester groups is 2. The molecule has 17 nitrogen and oxygen atoms in total. The summed E-state index contributed by atoms with van der Waals surface area (Å²) in [5, 5.41) is 10.6. The lowest BCUT2D eigenvalue weighted by atomic mass is 10.0. The Morgan fingerprint density at radius 1 is 0.266 bits per heavy atom. The first-order valence-corrected chi connectivity index (χ1v) is 41.7. The minimum atomic E-state index is -4.96. The maximum Gasteiger partial charge on any atom is 0.472 e. The molecule has 3 N–H and O–H groups in total. The summed E-state index contributed by atoms with van der Waals surface area (Å²) >= 11 is 0. The van der Waals surface area contributed by atoms with Crippen LogP contribution in [0.15, 0.2) is 0 Å². The zero-order valence-corrected chi connectivity index (χ0v) is 63.4. The molecule has 0 aromatic heterocycles. The van der Waals surface area contributed by atoms with Crippen LogP contribution in [0.5, 0.6) is 0 Å². The standard InChI is InChI=1S/C75H146O17P2/c1-65(2)51-43-35-27-21-15-12-10-9-11-13-17-24-30-39-47-55-72(77)85-61-70(91-75(80)58-50-42-32-26-20-19-23-29-37-45-53-67(5)6)63-89-93(81,82)87-59-69(76)60-88-94(83,84)90-64-71(62-86-73(78)56-48-40-34-33-38-46-54-68(7)8)92-74(79)57-49-41-31-25-18-14-16-22-28-36-44-52-66(3)4/h65-71,76H,9-64H2,1-8H3,(H,81,82)(H,83,84)/t69-,70-,71-/m1/s1. The number of ether oxygens (including phenoxy) is 4. The normalized spacial score (nSPS) is 14.2. The summed E-state index contributed by atoms with van der Waals surface area (Å²) in [5.41, 5.74) is 0. The van der Waals surface area contributed by atoms with E-state index < -0.39 is 97.5 Å². The van der Waals surface area contributed by atoms with Gasteiger partial charge in [0.25, 0.3) is 0 Å². The minimum Gasteiger partial charge on any atom is -0.462 e. The van der Waals surface area contributed by atoms with Crippen molar-refractivity contribution in [3.8, 4) is 0 Å². The maximum atomic E-state index is 13.1. The lowest BCUT2D eigenvalue weighted by molar-refractivity contribution is -0.161. The molecule has 558 valence electrons. The molecule has 0 aromatic carbocycles. The molecule has 19 heteroatoms. The fourth-order valence-electron chi connectivity index (χ4n) is 11.4. The van der Waals surface area contributed by atoms with Gasteiger partial charge in [0.05, 0.1) is 26.4 Å². The summed E-state index contributed by atoms with van der Waals surface area (Å²) < 4.78 is 68.4. The summed E-state index contributed by atoms with van der Waals surface area (Å²) in [4.78, 5) is 72.7. The Kier molecular flexibility index (Phi) is 63.1. The summed E-state index contributed by atoms with van der Waals surface area (Å²) in [6, 6.07) is 0. The van der Waals surface area contributed by atoms with Crippen molar-refractivity contribution < 1.29 is 80.2 Å². The van der Waals surface area contributed by atoms with E-state index in [4.69, 9.17) is 37.0 Å². The summed E-state index contributed by atoms with van der Waals surface area (Å²) in [5.74, 6) is 0.879. The smallest absolute Gasteiger partial charge is 0.462 e. The first kappa shape index (κ1) is 92.1. The first-order valence-electron chi connectivity index (χ1n) is 38.7. The summed E-state index contributed by atoms with van der Waals surface area (Å²) in [7, 11) is -9.91. The van der Waals surface area contributed by atoms with Crippen LogP contribution in [0.3, 0.4) is 0 Å². The van der Waals surface area contributed by atoms with E-state index in [0.29, 0.717) is 31.6 Å². The van der Waals surface area contributed by atoms with Gasteiger partial charge >= 0.3 is 39.5 Å². The van der Waals surface area contributed by atoms with Crippen molar-refractivity contribution in [1.82, 2.24) is 0 Å². The molecule has 0 saturated carbocycles. The van der Waals surface area contributed by atoms with Gasteiger partial charge in [-0.3, -0.25) is 37.3 Å². The van der Waals surface area contributed by atoms with E-state index in [1.807, 2.05) is 0 Å². The molecule has 0 heterocycles. The van der Waals surface area contributed by atoms with Gasteiger partial charge in [-0.2, -0.15) is 0 Å². The molecule has 0 bridgehead atoms. The average molecular weight is 1380 g/mol.